The van der Waals surface area contributed by atoms with Crippen molar-refractivity contribution in [3.05, 3.63) is 54.2 Å². The Balaban J connectivity index is 0.00000300. The monoisotopic (exact) mass is 516 g/mol. The molecule has 6 nitrogen and oxygen atoms in total. The number of nitrogens with zero attached hydrogens (tertiary/aromatic N) is 2. The number of halogens is 2. The van der Waals surface area contributed by atoms with Crippen molar-refractivity contribution in [2.24, 2.45) is 4.99 Å². The van der Waals surface area contributed by atoms with Crippen LogP contribution in [0.1, 0.15) is 32.4 Å². The highest BCUT2D eigenvalue weighted by Gasteiger charge is 2.26. The molecule has 8 heteroatoms. The summed E-state index contributed by atoms with van der Waals surface area (Å²) in [5.41, 5.74) is -0.236. The maximum atomic E-state index is 13.4. The molecular formula is C21H30FIN4O2. The normalized spacial score (nSPS) is 17.4. The van der Waals surface area contributed by atoms with Crippen LogP contribution in [0.5, 0.6) is 0 Å². The van der Waals surface area contributed by atoms with Gasteiger partial charge in [-0.2, -0.15) is 0 Å². The Bertz CT molecular complexity index is 775. The fourth-order valence-electron chi connectivity index (χ4n) is 3.36. The molecule has 1 saturated heterocycles. The predicted molar refractivity (Wildman–Crippen MR) is 124 cm³/mol. The number of aliphatic imine (C=N–C) groups is 1. The number of benzene rings is 1. The van der Waals surface area contributed by atoms with Crippen LogP contribution in [0.2, 0.25) is 0 Å². The Kier molecular flexibility index (Phi) is 8.76. The molecular weight excluding hydrogens is 486 g/mol. The molecule has 0 saturated carbocycles. The van der Waals surface area contributed by atoms with Crippen LogP contribution in [0.4, 0.5) is 10.1 Å². The fourth-order valence-corrected chi connectivity index (χ4v) is 3.36. The molecule has 1 unspecified atom stereocenters. The Hall–Kier alpha value is -1.81. The van der Waals surface area contributed by atoms with Crippen LogP contribution >= 0.6 is 24.0 Å². The van der Waals surface area contributed by atoms with E-state index in [4.69, 9.17) is 4.42 Å². The lowest BCUT2D eigenvalue weighted by Gasteiger charge is -2.34. The van der Waals surface area contributed by atoms with E-state index in [0.29, 0.717) is 11.7 Å². The molecule has 2 aromatic rings. The summed E-state index contributed by atoms with van der Waals surface area (Å²) in [6, 6.07) is 10.5. The minimum absolute atomic E-state index is 0. The number of rotatable bonds is 6. The maximum absolute atomic E-state index is 13.4. The fraction of sp³-hybridized carbons (Fsp3) is 0.476. The minimum atomic E-state index is -1.16. The number of piperidine rings is 1. The largest absolute Gasteiger partial charge is 0.466 e. The van der Waals surface area contributed by atoms with Crippen molar-refractivity contribution in [3.8, 4) is 0 Å². The lowest BCUT2D eigenvalue weighted by Crippen LogP contribution is -2.49. The second kappa shape index (κ2) is 10.8. The van der Waals surface area contributed by atoms with Crippen molar-refractivity contribution < 1.29 is 13.9 Å². The number of anilines is 1. The highest BCUT2D eigenvalue weighted by atomic mass is 127. The summed E-state index contributed by atoms with van der Waals surface area (Å²) in [6.45, 7) is 6.33. The molecule has 0 aliphatic carbocycles. The summed E-state index contributed by atoms with van der Waals surface area (Å²) in [4.78, 5) is 6.75. The van der Waals surface area contributed by atoms with Gasteiger partial charge in [0, 0.05) is 31.4 Å². The molecule has 1 atom stereocenters. The van der Waals surface area contributed by atoms with Crippen molar-refractivity contribution in [1.29, 1.82) is 0 Å². The molecule has 1 aliphatic heterocycles. The lowest BCUT2D eigenvalue weighted by atomic mass is 10.0. The van der Waals surface area contributed by atoms with Crippen LogP contribution in [0.25, 0.3) is 0 Å². The summed E-state index contributed by atoms with van der Waals surface area (Å²) < 4.78 is 18.8. The molecule has 1 aliphatic rings. The Morgan fingerprint density at radius 3 is 2.69 bits per heavy atom. The number of guanidine groups is 1. The van der Waals surface area contributed by atoms with Crippen molar-refractivity contribution in [2.45, 2.75) is 38.3 Å². The first-order valence-electron chi connectivity index (χ1n) is 9.79. The third-order valence-electron chi connectivity index (χ3n) is 4.95. The third kappa shape index (κ3) is 6.60. The van der Waals surface area contributed by atoms with Crippen molar-refractivity contribution in [1.82, 2.24) is 10.6 Å². The average molecular weight is 516 g/mol. The molecule has 29 heavy (non-hydrogen) atoms. The summed E-state index contributed by atoms with van der Waals surface area (Å²) in [7, 11) is 0. The smallest absolute Gasteiger partial charge is 0.191 e. The van der Waals surface area contributed by atoms with Crippen LogP contribution in [0, 0.1) is 5.82 Å². The molecule has 0 radical (unpaired) electrons. The van der Waals surface area contributed by atoms with Gasteiger partial charge in [0.25, 0.3) is 0 Å². The zero-order valence-electron chi connectivity index (χ0n) is 16.9. The zero-order valence-corrected chi connectivity index (χ0v) is 19.2. The summed E-state index contributed by atoms with van der Waals surface area (Å²) in [5, 5.41) is 17.3. The van der Waals surface area contributed by atoms with Crippen molar-refractivity contribution in [3.63, 3.8) is 0 Å². The van der Waals surface area contributed by atoms with E-state index in [1.165, 1.54) is 6.07 Å². The van der Waals surface area contributed by atoms with Crippen molar-refractivity contribution >= 4 is 35.6 Å². The molecule has 2 heterocycles. The number of furan rings is 1. The van der Waals surface area contributed by atoms with Crippen LogP contribution in [0.3, 0.4) is 0 Å². The van der Waals surface area contributed by atoms with E-state index in [9.17, 15) is 9.50 Å². The first kappa shape index (κ1) is 23.5. The Morgan fingerprint density at radius 2 is 2.07 bits per heavy atom. The van der Waals surface area contributed by atoms with Gasteiger partial charge in [-0.15, -0.1) is 24.0 Å². The van der Waals surface area contributed by atoms with E-state index >= 15 is 0 Å². The summed E-state index contributed by atoms with van der Waals surface area (Å²) >= 11 is 0. The zero-order chi connectivity index (χ0) is 20.0. The maximum Gasteiger partial charge on any atom is 0.191 e. The number of nitrogens with one attached hydrogen (secondary N) is 2. The molecule has 0 amide bonds. The van der Waals surface area contributed by atoms with Crippen LogP contribution in [-0.2, 0) is 5.60 Å². The first-order chi connectivity index (χ1) is 13.5. The lowest BCUT2D eigenvalue weighted by molar-refractivity contribution is 0.0436. The number of hydrogen-bond donors (Lipinski definition) is 3. The molecule has 3 rings (SSSR count). The van der Waals surface area contributed by atoms with Crippen LogP contribution in [-0.4, -0.2) is 43.3 Å². The van der Waals surface area contributed by atoms with E-state index in [1.807, 2.05) is 13.0 Å². The van der Waals surface area contributed by atoms with Crippen LogP contribution < -0.4 is 15.5 Å². The minimum Gasteiger partial charge on any atom is -0.466 e. The van der Waals surface area contributed by atoms with E-state index in [2.05, 4.69) is 20.5 Å². The molecule has 0 bridgehead atoms. The van der Waals surface area contributed by atoms with E-state index < -0.39 is 5.60 Å². The molecule has 1 fully saturated rings. The van der Waals surface area contributed by atoms with Gasteiger partial charge in [0.1, 0.15) is 17.2 Å². The van der Waals surface area contributed by atoms with Crippen molar-refractivity contribution in [2.75, 3.05) is 31.1 Å². The number of aliphatic hydroxyl groups is 1. The van der Waals surface area contributed by atoms with Gasteiger partial charge in [-0.25, -0.2) is 9.38 Å². The predicted octanol–water partition coefficient (Wildman–Crippen LogP) is 3.47. The van der Waals surface area contributed by atoms with Gasteiger partial charge in [-0.1, -0.05) is 6.07 Å². The van der Waals surface area contributed by atoms with E-state index in [1.54, 1.807) is 37.5 Å². The van der Waals surface area contributed by atoms with Gasteiger partial charge in [-0.3, -0.25) is 0 Å². The van der Waals surface area contributed by atoms with Gasteiger partial charge in [0.05, 0.1) is 12.8 Å². The summed E-state index contributed by atoms with van der Waals surface area (Å²) in [5.74, 6) is 0.969. The second-order valence-corrected chi connectivity index (χ2v) is 7.33. The SMILES string of the molecule is CCNC(=NCC(C)(O)c1ccco1)NC1CCN(c2cccc(F)c2)CC1.I. The van der Waals surface area contributed by atoms with Crippen LogP contribution in [0.15, 0.2) is 52.1 Å². The second-order valence-electron chi connectivity index (χ2n) is 7.33. The highest BCUT2D eigenvalue weighted by Crippen LogP contribution is 2.22. The third-order valence-corrected chi connectivity index (χ3v) is 4.95. The molecule has 1 aromatic heterocycles. The number of hydrogen-bond acceptors (Lipinski definition) is 4. The highest BCUT2D eigenvalue weighted by molar-refractivity contribution is 14.0. The van der Waals surface area contributed by atoms with Gasteiger partial charge >= 0.3 is 0 Å². The van der Waals surface area contributed by atoms with Gasteiger partial charge in [0.15, 0.2) is 5.96 Å². The molecule has 1 aromatic carbocycles. The molecule has 0 spiro atoms. The van der Waals surface area contributed by atoms with E-state index in [0.717, 1.165) is 38.2 Å². The van der Waals surface area contributed by atoms with Gasteiger partial charge in [0.2, 0.25) is 0 Å². The first-order valence-corrected chi connectivity index (χ1v) is 9.79. The Labute approximate surface area is 188 Å². The van der Waals surface area contributed by atoms with Gasteiger partial charge in [-0.05, 0) is 57.0 Å². The summed E-state index contributed by atoms with van der Waals surface area (Å²) in [6.07, 6.45) is 3.40. The molecule has 160 valence electrons. The molecule has 3 N–H and O–H groups in total. The van der Waals surface area contributed by atoms with Gasteiger partial charge < -0.3 is 25.1 Å². The topological polar surface area (TPSA) is 73.0 Å². The average Bonchev–Trinajstić information content (AvgIpc) is 3.23. The quantitative estimate of drug-likeness (QED) is 0.312. The standard InChI is InChI=1S/C21H29FN4O2.HI/c1-3-23-20(24-15-21(2,27)19-8-5-13-28-19)25-17-9-11-26(12-10-17)18-7-4-6-16(22)14-18;/h4-8,13-14,17,27H,3,9-12,15H2,1-2H3,(H2,23,24,25);1H. The van der Waals surface area contributed by atoms with E-state index in [-0.39, 0.29) is 42.4 Å². The Morgan fingerprint density at radius 1 is 1.31 bits per heavy atom.